The second-order valence-corrected chi connectivity index (χ2v) is 6.11. The largest absolute Gasteiger partial charge is 0.459 e. The maximum atomic E-state index is 6.30. The van der Waals surface area contributed by atoms with Crippen LogP contribution in [0.2, 0.25) is 5.02 Å². The zero-order valence-electron chi connectivity index (χ0n) is 11.1. The van der Waals surface area contributed by atoms with Gasteiger partial charge >= 0.3 is 0 Å². The van der Waals surface area contributed by atoms with E-state index in [1.165, 1.54) is 32.1 Å². The van der Waals surface area contributed by atoms with Gasteiger partial charge in [-0.05, 0) is 36.6 Å². The lowest BCUT2D eigenvalue weighted by Gasteiger charge is -2.23. The van der Waals surface area contributed by atoms with Crippen molar-refractivity contribution in [2.45, 2.75) is 44.6 Å². The lowest BCUT2D eigenvalue weighted by molar-refractivity contribution is 0.306. The van der Waals surface area contributed by atoms with Gasteiger partial charge in [0.15, 0.2) is 0 Å². The minimum absolute atomic E-state index is 0.00859. The summed E-state index contributed by atoms with van der Waals surface area (Å²) in [7, 11) is 0. The second-order valence-electron chi connectivity index (χ2n) is 5.68. The highest BCUT2D eigenvalue weighted by Crippen LogP contribution is 2.33. The van der Waals surface area contributed by atoms with Crippen LogP contribution >= 0.6 is 11.6 Å². The minimum Gasteiger partial charge on any atom is -0.459 e. The smallest absolute Gasteiger partial charge is 0.134 e. The van der Waals surface area contributed by atoms with Crippen molar-refractivity contribution in [1.82, 2.24) is 0 Å². The third kappa shape index (κ3) is 2.96. The van der Waals surface area contributed by atoms with Crippen LogP contribution in [-0.4, -0.2) is 0 Å². The quantitative estimate of drug-likeness (QED) is 0.852. The van der Waals surface area contributed by atoms with E-state index in [2.05, 4.69) is 0 Å². The normalized spacial score (nSPS) is 18.8. The number of rotatable bonds is 3. The van der Waals surface area contributed by atoms with Crippen LogP contribution in [0.3, 0.4) is 0 Å². The van der Waals surface area contributed by atoms with Gasteiger partial charge in [0.05, 0.1) is 6.04 Å². The van der Waals surface area contributed by atoms with E-state index in [-0.39, 0.29) is 6.04 Å². The van der Waals surface area contributed by atoms with Crippen molar-refractivity contribution in [1.29, 1.82) is 0 Å². The molecule has 1 aliphatic carbocycles. The molecule has 2 aromatic rings. The number of hydrogen-bond donors (Lipinski definition) is 1. The van der Waals surface area contributed by atoms with Crippen molar-refractivity contribution in [2.24, 2.45) is 11.7 Å². The third-order valence-corrected chi connectivity index (χ3v) is 4.41. The molecule has 2 N–H and O–H groups in total. The summed E-state index contributed by atoms with van der Waals surface area (Å²) in [5.74, 6) is 1.66. The van der Waals surface area contributed by atoms with Gasteiger partial charge < -0.3 is 10.2 Å². The summed E-state index contributed by atoms with van der Waals surface area (Å²) in [6.45, 7) is 0. The fourth-order valence-electron chi connectivity index (χ4n) is 3.12. The third-order valence-electron chi connectivity index (χ3n) is 4.17. The second kappa shape index (κ2) is 5.56. The predicted molar refractivity (Wildman–Crippen MR) is 79.3 cm³/mol. The van der Waals surface area contributed by atoms with Crippen LogP contribution in [0.5, 0.6) is 0 Å². The fraction of sp³-hybridized carbons (Fsp3) is 0.500. The number of furan rings is 1. The van der Waals surface area contributed by atoms with Gasteiger partial charge in [-0.3, -0.25) is 0 Å². The molecule has 0 spiro atoms. The van der Waals surface area contributed by atoms with Crippen molar-refractivity contribution >= 4 is 22.6 Å². The monoisotopic (exact) mass is 277 g/mol. The van der Waals surface area contributed by atoms with Crippen molar-refractivity contribution in [3.63, 3.8) is 0 Å². The Labute approximate surface area is 118 Å². The molecule has 19 heavy (non-hydrogen) atoms. The summed E-state index contributed by atoms with van der Waals surface area (Å²) in [5, 5.41) is 1.78. The molecule has 0 radical (unpaired) electrons. The molecule has 1 heterocycles. The maximum absolute atomic E-state index is 6.30. The van der Waals surface area contributed by atoms with Crippen molar-refractivity contribution in [3.8, 4) is 0 Å². The van der Waals surface area contributed by atoms with E-state index in [1.807, 2.05) is 24.3 Å². The van der Waals surface area contributed by atoms with Crippen LogP contribution < -0.4 is 5.73 Å². The minimum atomic E-state index is 0.00859. The fourth-order valence-corrected chi connectivity index (χ4v) is 3.30. The number of benzene rings is 1. The van der Waals surface area contributed by atoms with Crippen LogP contribution in [0.25, 0.3) is 11.0 Å². The van der Waals surface area contributed by atoms with Gasteiger partial charge in [-0.15, -0.1) is 0 Å². The predicted octanol–water partition coefficient (Wildman–Crippen LogP) is 5.06. The summed E-state index contributed by atoms with van der Waals surface area (Å²) in [5.41, 5.74) is 7.17. The van der Waals surface area contributed by atoms with E-state index >= 15 is 0 Å². The Kier molecular flexibility index (Phi) is 3.81. The summed E-state index contributed by atoms with van der Waals surface area (Å²) >= 11 is 5.99. The zero-order valence-corrected chi connectivity index (χ0v) is 11.8. The standard InChI is InChI=1S/C16H20ClNO/c17-13-6-7-15-12(9-13)10-16(19-15)14(18)8-11-4-2-1-3-5-11/h6-7,9-11,14H,1-5,8,18H2. The van der Waals surface area contributed by atoms with E-state index in [9.17, 15) is 0 Å². The van der Waals surface area contributed by atoms with E-state index in [0.29, 0.717) is 0 Å². The van der Waals surface area contributed by atoms with Crippen LogP contribution in [0.1, 0.15) is 50.3 Å². The van der Waals surface area contributed by atoms with Gasteiger partial charge in [0.1, 0.15) is 11.3 Å². The molecule has 1 aromatic heterocycles. The lowest BCUT2D eigenvalue weighted by Crippen LogP contribution is -2.16. The number of hydrogen-bond acceptors (Lipinski definition) is 2. The van der Waals surface area contributed by atoms with Crippen LogP contribution in [0.15, 0.2) is 28.7 Å². The van der Waals surface area contributed by atoms with Gasteiger partial charge in [-0.2, -0.15) is 0 Å². The number of fused-ring (bicyclic) bond motifs is 1. The van der Waals surface area contributed by atoms with Crippen LogP contribution in [0, 0.1) is 5.92 Å². The highest BCUT2D eigenvalue weighted by Gasteiger charge is 2.20. The van der Waals surface area contributed by atoms with Crippen LogP contribution in [0.4, 0.5) is 0 Å². The molecule has 0 saturated heterocycles. The first-order chi connectivity index (χ1) is 9.22. The Morgan fingerprint density at radius 1 is 1.21 bits per heavy atom. The molecule has 1 aromatic carbocycles. The van der Waals surface area contributed by atoms with Gasteiger partial charge in [0.25, 0.3) is 0 Å². The molecule has 0 aliphatic heterocycles. The molecule has 2 nitrogen and oxygen atoms in total. The maximum Gasteiger partial charge on any atom is 0.134 e. The molecule has 1 saturated carbocycles. The lowest BCUT2D eigenvalue weighted by atomic mass is 9.84. The van der Waals surface area contributed by atoms with Gasteiger partial charge in [0.2, 0.25) is 0 Å². The Balaban J connectivity index is 1.75. The first-order valence-electron chi connectivity index (χ1n) is 7.17. The van der Waals surface area contributed by atoms with Crippen LogP contribution in [-0.2, 0) is 0 Å². The van der Waals surface area contributed by atoms with Crippen molar-refractivity contribution < 1.29 is 4.42 Å². The van der Waals surface area contributed by atoms with E-state index in [1.54, 1.807) is 0 Å². The van der Waals surface area contributed by atoms with Crippen molar-refractivity contribution in [2.75, 3.05) is 0 Å². The van der Waals surface area contributed by atoms with Gasteiger partial charge in [0, 0.05) is 10.4 Å². The highest BCUT2D eigenvalue weighted by molar-refractivity contribution is 6.31. The molecular weight excluding hydrogens is 258 g/mol. The van der Waals surface area contributed by atoms with Gasteiger partial charge in [-0.1, -0.05) is 43.7 Å². The molecule has 1 unspecified atom stereocenters. The van der Waals surface area contributed by atoms with Crippen molar-refractivity contribution in [3.05, 3.63) is 35.0 Å². The average Bonchev–Trinajstić information content (AvgIpc) is 2.83. The molecule has 3 rings (SSSR count). The first kappa shape index (κ1) is 13.0. The number of halogens is 1. The SMILES string of the molecule is NC(CC1CCCCC1)c1cc2cc(Cl)ccc2o1. The Hall–Kier alpha value is -0.990. The Bertz CT molecular complexity index is 557. The molecule has 1 aliphatic rings. The molecule has 102 valence electrons. The zero-order chi connectivity index (χ0) is 13.2. The molecule has 3 heteroatoms. The molecule has 0 bridgehead atoms. The highest BCUT2D eigenvalue weighted by atomic mass is 35.5. The van der Waals surface area contributed by atoms with E-state index in [4.69, 9.17) is 21.8 Å². The topological polar surface area (TPSA) is 39.2 Å². The summed E-state index contributed by atoms with van der Waals surface area (Å²) < 4.78 is 5.84. The summed E-state index contributed by atoms with van der Waals surface area (Å²) in [4.78, 5) is 0. The molecule has 0 amide bonds. The summed E-state index contributed by atoms with van der Waals surface area (Å²) in [6, 6.07) is 7.74. The van der Waals surface area contributed by atoms with E-state index in [0.717, 1.165) is 34.1 Å². The first-order valence-corrected chi connectivity index (χ1v) is 7.55. The Morgan fingerprint density at radius 3 is 2.79 bits per heavy atom. The molecular formula is C16H20ClNO. The average molecular weight is 278 g/mol. The summed E-state index contributed by atoms with van der Waals surface area (Å²) in [6.07, 6.45) is 7.77. The molecule has 1 fully saturated rings. The Morgan fingerprint density at radius 2 is 2.00 bits per heavy atom. The van der Waals surface area contributed by atoms with E-state index < -0.39 is 0 Å². The van der Waals surface area contributed by atoms with Gasteiger partial charge in [-0.25, -0.2) is 0 Å². The molecule has 1 atom stereocenters. The number of nitrogens with two attached hydrogens (primary N) is 1.